The maximum atomic E-state index is 6.31. The number of halogens is 2. The highest BCUT2D eigenvalue weighted by Gasteiger charge is 2.18. The molecule has 2 heteroatoms. The fourth-order valence-corrected chi connectivity index (χ4v) is 2.37. The van der Waals surface area contributed by atoms with Gasteiger partial charge in [-0.15, -0.1) is 0 Å². The second-order valence-corrected chi connectivity index (χ2v) is 5.80. The first-order valence-corrected chi connectivity index (χ1v) is 6.04. The van der Waals surface area contributed by atoms with Crippen molar-refractivity contribution in [1.29, 1.82) is 0 Å². The quantitative estimate of drug-likeness (QED) is 0.586. The maximum absolute atomic E-state index is 6.31. The molecule has 0 aromatic heterocycles. The molecule has 2 rings (SSSR count). The lowest BCUT2D eigenvalue weighted by molar-refractivity contribution is 0.596. The molecule has 84 valence electrons. The molecule has 0 unspecified atom stereocenters. The minimum Gasteiger partial charge on any atom is -0.0827 e. The van der Waals surface area contributed by atoms with E-state index in [4.69, 9.17) is 23.2 Å². The summed E-state index contributed by atoms with van der Waals surface area (Å²) >= 11 is 12.4. The molecule has 0 atom stereocenters. The Morgan fingerprint density at radius 2 is 1.62 bits per heavy atom. The summed E-state index contributed by atoms with van der Waals surface area (Å²) in [6, 6.07) is 10.1. The summed E-state index contributed by atoms with van der Waals surface area (Å²) in [5.41, 5.74) is 1.30. The molecule has 0 heterocycles. The highest BCUT2D eigenvalue weighted by molar-refractivity contribution is 6.45. The molecule has 0 radical (unpaired) electrons. The van der Waals surface area contributed by atoms with Crippen LogP contribution in [0.1, 0.15) is 26.3 Å². The van der Waals surface area contributed by atoms with Gasteiger partial charge in [0.1, 0.15) is 0 Å². The molecule has 0 aliphatic carbocycles. The molecule has 0 amide bonds. The van der Waals surface area contributed by atoms with Crippen molar-refractivity contribution in [2.75, 3.05) is 0 Å². The van der Waals surface area contributed by atoms with Gasteiger partial charge in [-0.25, -0.2) is 0 Å². The topological polar surface area (TPSA) is 0 Å². The molecule has 0 saturated carbocycles. The second-order valence-electron chi connectivity index (χ2n) is 5.02. The number of fused-ring (bicyclic) bond motifs is 1. The van der Waals surface area contributed by atoms with Crippen LogP contribution in [0.5, 0.6) is 0 Å². The predicted octanol–water partition coefficient (Wildman–Crippen LogP) is 5.44. The first-order valence-electron chi connectivity index (χ1n) is 5.28. The molecule has 0 bridgehead atoms. The molecule has 0 saturated heterocycles. The van der Waals surface area contributed by atoms with Crippen molar-refractivity contribution in [2.45, 2.75) is 26.2 Å². The maximum Gasteiger partial charge on any atom is 0.0673 e. The van der Waals surface area contributed by atoms with Crippen molar-refractivity contribution in [3.8, 4) is 0 Å². The van der Waals surface area contributed by atoms with Gasteiger partial charge >= 0.3 is 0 Å². The molecular weight excluding hydrogens is 239 g/mol. The molecule has 0 spiro atoms. The van der Waals surface area contributed by atoms with Crippen LogP contribution in [0.2, 0.25) is 10.0 Å². The monoisotopic (exact) mass is 252 g/mol. The fraction of sp³-hybridized carbons (Fsp3) is 0.286. The second kappa shape index (κ2) is 3.94. The summed E-state index contributed by atoms with van der Waals surface area (Å²) in [7, 11) is 0. The lowest BCUT2D eigenvalue weighted by Crippen LogP contribution is -2.11. The van der Waals surface area contributed by atoms with Crippen LogP contribution in [0.15, 0.2) is 30.3 Å². The van der Waals surface area contributed by atoms with E-state index in [-0.39, 0.29) is 5.41 Å². The minimum absolute atomic E-state index is 0.0633. The molecule has 0 aliphatic rings. The number of benzene rings is 2. The van der Waals surface area contributed by atoms with Crippen molar-refractivity contribution in [3.63, 3.8) is 0 Å². The van der Waals surface area contributed by atoms with Crippen LogP contribution < -0.4 is 0 Å². The zero-order chi connectivity index (χ0) is 11.9. The summed E-state index contributed by atoms with van der Waals surface area (Å²) in [5, 5.41) is 3.49. The van der Waals surface area contributed by atoms with Crippen LogP contribution in [0.25, 0.3) is 10.8 Å². The summed E-state index contributed by atoms with van der Waals surface area (Å²) in [6.45, 7) is 6.54. The Bertz CT molecular complexity index is 536. The van der Waals surface area contributed by atoms with E-state index in [9.17, 15) is 0 Å². The molecule has 0 nitrogen and oxygen atoms in total. The van der Waals surface area contributed by atoms with Crippen molar-refractivity contribution in [2.24, 2.45) is 0 Å². The van der Waals surface area contributed by atoms with Crippen LogP contribution in [0, 0.1) is 0 Å². The first kappa shape index (κ1) is 11.8. The number of hydrogen-bond donors (Lipinski definition) is 0. The Morgan fingerprint density at radius 1 is 0.938 bits per heavy atom. The Morgan fingerprint density at radius 3 is 2.25 bits per heavy atom. The molecule has 16 heavy (non-hydrogen) atoms. The van der Waals surface area contributed by atoms with Crippen LogP contribution in [0.4, 0.5) is 0 Å². The summed E-state index contributed by atoms with van der Waals surface area (Å²) < 4.78 is 0. The lowest BCUT2D eigenvalue weighted by atomic mass is 9.84. The van der Waals surface area contributed by atoms with Gasteiger partial charge in [0.05, 0.1) is 10.0 Å². The summed E-state index contributed by atoms with van der Waals surface area (Å²) in [6.07, 6.45) is 0. The molecule has 0 fully saturated rings. The summed E-state index contributed by atoms with van der Waals surface area (Å²) in [4.78, 5) is 0. The zero-order valence-corrected chi connectivity index (χ0v) is 11.2. The highest BCUT2D eigenvalue weighted by Crippen LogP contribution is 2.37. The van der Waals surface area contributed by atoms with Crippen molar-refractivity contribution in [3.05, 3.63) is 45.9 Å². The van der Waals surface area contributed by atoms with E-state index in [1.807, 2.05) is 12.1 Å². The fourth-order valence-electron chi connectivity index (χ4n) is 1.93. The average molecular weight is 253 g/mol. The average Bonchev–Trinajstić information content (AvgIpc) is 2.21. The van der Waals surface area contributed by atoms with E-state index < -0.39 is 0 Å². The van der Waals surface area contributed by atoms with E-state index in [0.29, 0.717) is 10.0 Å². The Balaban J connectivity index is 2.91. The van der Waals surface area contributed by atoms with Gasteiger partial charge in [-0.2, -0.15) is 0 Å². The van der Waals surface area contributed by atoms with Crippen LogP contribution >= 0.6 is 23.2 Å². The Hall–Kier alpha value is -0.720. The van der Waals surface area contributed by atoms with Gasteiger partial charge in [0.2, 0.25) is 0 Å². The van der Waals surface area contributed by atoms with Gasteiger partial charge in [-0.1, -0.05) is 68.2 Å². The number of rotatable bonds is 0. The molecular formula is C14H14Cl2. The Kier molecular flexibility index (Phi) is 2.90. The Labute approximate surface area is 106 Å². The van der Waals surface area contributed by atoms with E-state index in [2.05, 4.69) is 39.0 Å². The van der Waals surface area contributed by atoms with Crippen molar-refractivity contribution in [1.82, 2.24) is 0 Å². The lowest BCUT2D eigenvalue weighted by Gasteiger charge is -2.22. The van der Waals surface area contributed by atoms with E-state index in [1.165, 1.54) is 5.56 Å². The van der Waals surface area contributed by atoms with E-state index >= 15 is 0 Å². The third-order valence-electron chi connectivity index (χ3n) is 2.74. The van der Waals surface area contributed by atoms with Gasteiger partial charge in [0, 0.05) is 5.39 Å². The smallest absolute Gasteiger partial charge is 0.0673 e. The standard InChI is InChI=1S/C14H14Cl2/c1-14(2,3)10-6-4-5-9-7-8-11(15)13(16)12(9)10/h4-8H,1-3H3. The molecule has 0 N–H and O–H groups in total. The molecule has 0 aliphatic heterocycles. The van der Waals surface area contributed by atoms with Crippen LogP contribution in [0.3, 0.4) is 0 Å². The minimum atomic E-state index is 0.0633. The molecule has 2 aromatic carbocycles. The molecule has 2 aromatic rings. The van der Waals surface area contributed by atoms with E-state index in [0.717, 1.165) is 10.8 Å². The third kappa shape index (κ3) is 1.92. The van der Waals surface area contributed by atoms with Gasteiger partial charge in [-0.3, -0.25) is 0 Å². The van der Waals surface area contributed by atoms with Gasteiger partial charge in [0.15, 0.2) is 0 Å². The first-order chi connectivity index (χ1) is 7.41. The van der Waals surface area contributed by atoms with E-state index in [1.54, 1.807) is 0 Å². The van der Waals surface area contributed by atoms with Gasteiger partial charge in [0.25, 0.3) is 0 Å². The van der Waals surface area contributed by atoms with Gasteiger partial charge in [-0.05, 0) is 22.4 Å². The van der Waals surface area contributed by atoms with Gasteiger partial charge < -0.3 is 0 Å². The largest absolute Gasteiger partial charge is 0.0827 e. The SMILES string of the molecule is CC(C)(C)c1cccc2ccc(Cl)c(Cl)c12. The highest BCUT2D eigenvalue weighted by atomic mass is 35.5. The zero-order valence-electron chi connectivity index (χ0n) is 9.64. The van der Waals surface area contributed by atoms with Crippen LogP contribution in [-0.2, 0) is 5.41 Å². The third-order valence-corrected chi connectivity index (χ3v) is 3.55. The van der Waals surface area contributed by atoms with Crippen molar-refractivity contribution < 1.29 is 0 Å². The normalized spacial score (nSPS) is 12.1. The van der Waals surface area contributed by atoms with Crippen molar-refractivity contribution >= 4 is 34.0 Å². The number of hydrogen-bond acceptors (Lipinski definition) is 0. The van der Waals surface area contributed by atoms with Crippen LogP contribution in [-0.4, -0.2) is 0 Å². The predicted molar refractivity (Wildman–Crippen MR) is 72.7 cm³/mol. The summed E-state index contributed by atoms with van der Waals surface area (Å²) in [5.74, 6) is 0.